The van der Waals surface area contributed by atoms with Gasteiger partial charge in [-0.3, -0.25) is 30.0 Å². The van der Waals surface area contributed by atoms with E-state index in [0.717, 1.165) is 24.3 Å². The summed E-state index contributed by atoms with van der Waals surface area (Å²) < 4.78 is 139. The van der Waals surface area contributed by atoms with Crippen LogP contribution in [0, 0.1) is 58.2 Å². The van der Waals surface area contributed by atoms with Crippen molar-refractivity contribution in [2.75, 3.05) is 10.9 Å². The number of benzene rings is 4. The number of nitrogens with zero attached hydrogens (tertiary/aromatic N) is 2. The van der Waals surface area contributed by atoms with Gasteiger partial charge in [-0.15, -0.1) is 0 Å². The molecule has 4 amide bonds. The fourth-order valence-electron chi connectivity index (χ4n) is 4.71. The summed E-state index contributed by atoms with van der Waals surface area (Å²) in [6, 6.07) is 3.43. The van der Waals surface area contributed by atoms with E-state index < -0.39 is 115 Å². The average molecular weight is 628 g/mol. The maximum Gasteiger partial charge on any atom is 0.280 e. The Balaban J connectivity index is 1.44. The Bertz CT molecular complexity index is 1810. The van der Waals surface area contributed by atoms with Gasteiger partial charge < -0.3 is 0 Å². The number of imide groups is 2. The number of hydrogen-bond donors (Lipinski definition) is 2. The van der Waals surface area contributed by atoms with Crippen LogP contribution in [0.4, 0.5) is 55.3 Å². The van der Waals surface area contributed by atoms with E-state index in [9.17, 15) is 63.1 Å². The molecule has 0 saturated carbocycles. The van der Waals surface area contributed by atoms with Gasteiger partial charge in [0, 0.05) is 10.8 Å². The minimum absolute atomic E-state index is 0.0822. The fourth-order valence-corrected chi connectivity index (χ4v) is 4.71. The normalized spacial score (nSPS) is 14.2. The monoisotopic (exact) mass is 628 g/mol. The molecule has 2 aliphatic rings. The van der Waals surface area contributed by atoms with Gasteiger partial charge in [-0.25, -0.2) is 43.9 Å². The molecule has 0 spiro atoms. The van der Waals surface area contributed by atoms with Gasteiger partial charge in [0.05, 0.1) is 22.3 Å². The number of rotatable bonds is 4. The Morgan fingerprint density at radius 1 is 0.364 bits per heavy atom. The van der Waals surface area contributed by atoms with Crippen molar-refractivity contribution in [3.05, 3.63) is 105 Å². The second-order valence-electron chi connectivity index (χ2n) is 9.08. The van der Waals surface area contributed by atoms with Crippen molar-refractivity contribution in [2.24, 2.45) is 0 Å². The smallest absolute Gasteiger partial charge is 0.280 e. The molecule has 6 rings (SSSR count). The summed E-state index contributed by atoms with van der Waals surface area (Å²) in [6.45, 7) is 0. The molecule has 0 radical (unpaired) electrons. The van der Waals surface area contributed by atoms with E-state index in [0.29, 0.717) is 0 Å². The van der Waals surface area contributed by atoms with Crippen molar-refractivity contribution in [2.45, 2.75) is 0 Å². The topological polar surface area (TPSA) is 98.8 Å². The van der Waals surface area contributed by atoms with E-state index in [4.69, 9.17) is 0 Å². The molecule has 224 valence electrons. The number of nitrogens with one attached hydrogen (secondary N) is 2. The lowest BCUT2D eigenvalue weighted by Crippen LogP contribution is -2.47. The second kappa shape index (κ2) is 9.41. The van der Waals surface area contributed by atoms with Crippen LogP contribution < -0.4 is 10.9 Å². The molecule has 8 nitrogen and oxygen atoms in total. The molecule has 4 aromatic rings. The van der Waals surface area contributed by atoms with Gasteiger partial charge >= 0.3 is 0 Å². The first-order chi connectivity index (χ1) is 20.7. The minimum Gasteiger partial charge on any atom is -0.282 e. The lowest BCUT2D eigenvalue weighted by atomic mass is 9.86. The van der Waals surface area contributed by atoms with Gasteiger partial charge in [0.2, 0.25) is 11.6 Å². The van der Waals surface area contributed by atoms with Gasteiger partial charge in [0.25, 0.3) is 23.6 Å². The molecule has 2 N–H and O–H groups in total. The predicted octanol–water partition coefficient (Wildman–Crippen LogP) is 5.48. The van der Waals surface area contributed by atoms with E-state index in [1.807, 2.05) is 0 Å². The van der Waals surface area contributed by atoms with Gasteiger partial charge in [-0.2, -0.15) is 10.0 Å². The summed E-state index contributed by atoms with van der Waals surface area (Å²) in [5.41, 5.74) is -2.43. The van der Waals surface area contributed by atoms with Gasteiger partial charge in [0.1, 0.15) is 11.4 Å². The van der Waals surface area contributed by atoms with Crippen molar-refractivity contribution >= 4 is 45.8 Å². The van der Waals surface area contributed by atoms with Crippen molar-refractivity contribution < 1.29 is 63.1 Å². The highest BCUT2D eigenvalue weighted by molar-refractivity contribution is 6.33. The summed E-state index contributed by atoms with van der Waals surface area (Å²) >= 11 is 0. The van der Waals surface area contributed by atoms with E-state index in [2.05, 4.69) is 0 Å². The number of carbonyl (C=O) groups excluding carboxylic acids is 4. The molecule has 0 fully saturated rings. The Labute approximate surface area is 235 Å². The molecule has 2 aliphatic heterocycles. The van der Waals surface area contributed by atoms with Crippen molar-refractivity contribution in [1.82, 2.24) is 10.0 Å². The van der Waals surface area contributed by atoms with E-state index in [1.165, 1.54) is 0 Å². The maximum absolute atomic E-state index is 14.3. The standard InChI is InChI=1S/C26H6F10N4O4/c27-11-13(29)17(33)21(18(34)14(11)30)37-39-23(41)5-1-2-6-10-8(4-3-7(9(5)10)25(39)43)26(44)40(24(6)42)38-22-19(35)15(31)12(28)16(32)20(22)36/h1-4,37-38H. The highest BCUT2D eigenvalue weighted by Gasteiger charge is 2.42. The molecule has 0 aromatic heterocycles. The zero-order valence-corrected chi connectivity index (χ0v) is 20.6. The largest absolute Gasteiger partial charge is 0.282 e. The van der Waals surface area contributed by atoms with Crippen LogP contribution >= 0.6 is 0 Å². The Hall–Kier alpha value is -5.68. The summed E-state index contributed by atoms with van der Waals surface area (Å²) in [6.07, 6.45) is 0. The predicted molar refractivity (Wildman–Crippen MR) is 125 cm³/mol. The molecular formula is C26H6F10N4O4. The van der Waals surface area contributed by atoms with Crippen LogP contribution in [0.25, 0.3) is 10.8 Å². The summed E-state index contributed by atoms with van der Waals surface area (Å²) in [4.78, 5) is 52.8. The molecule has 44 heavy (non-hydrogen) atoms. The third-order valence-electron chi connectivity index (χ3n) is 6.76. The number of hydrogen-bond acceptors (Lipinski definition) is 6. The van der Waals surface area contributed by atoms with Crippen LogP contribution in [0.15, 0.2) is 24.3 Å². The first-order valence-corrected chi connectivity index (χ1v) is 11.6. The third-order valence-corrected chi connectivity index (χ3v) is 6.76. The molecule has 0 saturated heterocycles. The summed E-state index contributed by atoms with van der Waals surface area (Å²) in [7, 11) is 0. The van der Waals surface area contributed by atoms with E-state index in [-0.39, 0.29) is 20.8 Å². The van der Waals surface area contributed by atoms with Crippen LogP contribution in [-0.2, 0) is 0 Å². The van der Waals surface area contributed by atoms with Crippen LogP contribution in [0.1, 0.15) is 41.4 Å². The lowest BCUT2D eigenvalue weighted by Gasteiger charge is -2.32. The molecule has 0 atom stereocenters. The van der Waals surface area contributed by atoms with Crippen molar-refractivity contribution in [1.29, 1.82) is 0 Å². The van der Waals surface area contributed by atoms with E-state index >= 15 is 0 Å². The summed E-state index contributed by atoms with van der Waals surface area (Å²) in [5.74, 6) is -29.9. The Kier molecular flexibility index (Phi) is 6.08. The molecule has 0 unspecified atom stereocenters. The van der Waals surface area contributed by atoms with E-state index in [1.54, 1.807) is 10.9 Å². The number of carbonyl (C=O) groups is 4. The SMILES string of the molecule is O=C1c2ccc3c4c(ccc(c24)C(=O)N1Nc1c(F)c(F)c(F)c(F)c1F)C(=O)N(Nc1c(F)c(F)c(F)c(F)c1F)C3=O. The van der Waals surface area contributed by atoms with Crippen LogP contribution in [0.3, 0.4) is 0 Å². The number of amides is 4. The van der Waals surface area contributed by atoms with Crippen LogP contribution in [-0.4, -0.2) is 33.6 Å². The highest BCUT2D eigenvalue weighted by Crippen LogP contribution is 2.39. The molecule has 0 aliphatic carbocycles. The lowest BCUT2D eigenvalue weighted by molar-refractivity contribution is 0.0625. The first kappa shape index (κ1) is 28.4. The second-order valence-corrected chi connectivity index (χ2v) is 9.08. The van der Waals surface area contributed by atoms with Crippen molar-refractivity contribution in [3.8, 4) is 0 Å². The van der Waals surface area contributed by atoms with Gasteiger partial charge in [-0.05, 0) is 24.3 Å². The highest BCUT2D eigenvalue weighted by atomic mass is 19.2. The van der Waals surface area contributed by atoms with Crippen LogP contribution in [0.2, 0.25) is 0 Å². The molecule has 4 aromatic carbocycles. The van der Waals surface area contributed by atoms with Crippen molar-refractivity contribution in [3.63, 3.8) is 0 Å². The van der Waals surface area contributed by atoms with Gasteiger partial charge in [0.15, 0.2) is 46.5 Å². The molecule has 18 heteroatoms. The van der Waals surface area contributed by atoms with Gasteiger partial charge in [-0.1, -0.05) is 0 Å². The number of hydrazine groups is 2. The van der Waals surface area contributed by atoms with Crippen LogP contribution in [0.5, 0.6) is 0 Å². The average Bonchev–Trinajstić information content (AvgIpc) is 3.01. The fraction of sp³-hybridized carbons (Fsp3) is 0. The maximum atomic E-state index is 14.3. The minimum atomic E-state index is -2.51. The Morgan fingerprint density at radius 3 is 0.795 bits per heavy atom. The zero-order chi connectivity index (χ0) is 32.1. The summed E-state index contributed by atoms with van der Waals surface area (Å²) in [5, 5.41) is -0.936. The number of anilines is 2. The number of halogens is 10. The first-order valence-electron chi connectivity index (χ1n) is 11.6. The quantitative estimate of drug-likeness (QED) is 0.135. The Morgan fingerprint density at radius 2 is 0.568 bits per heavy atom. The zero-order valence-electron chi connectivity index (χ0n) is 20.6. The molecule has 0 bridgehead atoms. The third kappa shape index (κ3) is 3.59. The molecule has 2 heterocycles. The molecular weight excluding hydrogens is 622 g/mol.